The molecule has 3 rings (SSSR count). The number of pyridine rings is 1. The van der Waals surface area contributed by atoms with Crippen molar-refractivity contribution in [3.8, 4) is 0 Å². The van der Waals surface area contributed by atoms with Crippen molar-refractivity contribution in [1.29, 1.82) is 0 Å². The maximum absolute atomic E-state index is 13.0. The molecule has 0 radical (unpaired) electrons. The Morgan fingerprint density at radius 3 is 2.43 bits per heavy atom. The zero-order valence-corrected chi connectivity index (χ0v) is 17.5. The Morgan fingerprint density at radius 2 is 1.70 bits per heavy atom. The summed E-state index contributed by atoms with van der Waals surface area (Å²) in [6.07, 6.45) is 3.03. The van der Waals surface area contributed by atoms with E-state index in [0.717, 1.165) is 21.9 Å². The molecule has 2 N–H and O–H groups in total. The number of nitrogens with one attached hydrogen (secondary N) is 2. The van der Waals surface area contributed by atoms with Gasteiger partial charge in [0.2, 0.25) is 5.91 Å². The summed E-state index contributed by atoms with van der Waals surface area (Å²) in [5.74, 6) is -0.273. The number of carbonyl (C=O) groups excluding carboxylic acids is 2. The molecule has 1 heterocycles. The highest BCUT2D eigenvalue weighted by atomic mass is 16.6. The molecule has 0 aliphatic rings. The molecule has 1 aromatic heterocycles. The number of hydrogen-bond acceptors (Lipinski definition) is 4. The van der Waals surface area contributed by atoms with Gasteiger partial charge < -0.3 is 15.4 Å². The first kappa shape index (κ1) is 21.3. The maximum Gasteiger partial charge on any atom is 0.408 e. The van der Waals surface area contributed by atoms with Gasteiger partial charge in [-0.2, -0.15) is 0 Å². The molecule has 0 saturated heterocycles. The highest BCUT2D eigenvalue weighted by Crippen LogP contribution is 2.18. The third kappa shape index (κ3) is 6.04. The third-order valence-corrected chi connectivity index (χ3v) is 4.53. The first-order chi connectivity index (χ1) is 14.3. The largest absolute Gasteiger partial charge is 0.444 e. The Hall–Kier alpha value is -3.41. The number of hydrogen-bond donors (Lipinski definition) is 2. The Morgan fingerprint density at radius 1 is 1.00 bits per heavy atom. The molecular weight excluding hydrogens is 378 g/mol. The van der Waals surface area contributed by atoms with Gasteiger partial charge in [0.25, 0.3) is 0 Å². The molecule has 3 aromatic rings. The minimum Gasteiger partial charge on any atom is -0.444 e. The fourth-order valence-electron chi connectivity index (χ4n) is 3.17. The minimum atomic E-state index is -0.766. The van der Waals surface area contributed by atoms with Crippen molar-refractivity contribution in [3.05, 3.63) is 78.1 Å². The van der Waals surface area contributed by atoms with E-state index in [1.807, 2.05) is 54.6 Å². The van der Waals surface area contributed by atoms with Gasteiger partial charge in [-0.15, -0.1) is 0 Å². The monoisotopic (exact) mass is 405 g/mol. The van der Waals surface area contributed by atoms with E-state index in [-0.39, 0.29) is 5.91 Å². The molecule has 0 aliphatic heterocycles. The number of rotatable bonds is 6. The number of carbonyl (C=O) groups is 2. The molecule has 2 aromatic carbocycles. The normalized spacial score (nSPS) is 12.2. The van der Waals surface area contributed by atoms with Crippen LogP contribution in [0.15, 0.2) is 67.0 Å². The van der Waals surface area contributed by atoms with Crippen LogP contribution in [0.1, 0.15) is 31.9 Å². The van der Waals surface area contributed by atoms with Crippen LogP contribution in [0.3, 0.4) is 0 Å². The molecule has 6 heteroatoms. The maximum atomic E-state index is 13.0. The van der Waals surface area contributed by atoms with E-state index >= 15 is 0 Å². The second-order valence-electron chi connectivity index (χ2n) is 8.11. The zero-order valence-electron chi connectivity index (χ0n) is 17.5. The summed E-state index contributed by atoms with van der Waals surface area (Å²) in [7, 11) is 0. The summed E-state index contributed by atoms with van der Waals surface area (Å²) in [5.41, 5.74) is 1.26. The van der Waals surface area contributed by atoms with Crippen LogP contribution in [-0.2, 0) is 22.5 Å². The van der Waals surface area contributed by atoms with E-state index in [1.165, 1.54) is 0 Å². The smallest absolute Gasteiger partial charge is 0.408 e. The molecule has 6 nitrogen and oxygen atoms in total. The lowest BCUT2D eigenvalue weighted by molar-refractivity contribution is -0.123. The van der Waals surface area contributed by atoms with Gasteiger partial charge in [0.1, 0.15) is 11.6 Å². The van der Waals surface area contributed by atoms with Crippen LogP contribution in [0.4, 0.5) is 4.79 Å². The summed E-state index contributed by atoms with van der Waals surface area (Å²) >= 11 is 0. The van der Waals surface area contributed by atoms with Gasteiger partial charge in [-0.1, -0.05) is 42.5 Å². The van der Waals surface area contributed by atoms with Gasteiger partial charge in [0.15, 0.2) is 0 Å². The van der Waals surface area contributed by atoms with Gasteiger partial charge >= 0.3 is 6.09 Å². The van der Waals surface area contributed by atoms with Crippen LogP contribution in [0.5, 0.6) is 0 Å². The van der Waals surface area contributed by atoms with Crippen molar-refractivity contribution in [2.24, 2.45) is 0 Å². The fourth-order valence-corrected chi connectivity index (χ4v) is 3.17. The van der Waals surface area contributed by atoms with E-state index in [4.69, 9.17) is 4.74 Å². The van der Waals surface area contributed by atoms with Gasteiger partial charge in [-0.25, -0.2) is 4.79 Å². The molecule has 0 spiro atoms. The summed E-state index contributed by atoms with van der Waals surface area (Å²) in [4.78, 5) is 29.2. The van der Waals surface area contributed by atoms with Crippen LogP contribution < -0.4 is 10.6 Å². The number of benzene rings is 2. The number of ether oxygens (including phenoxy) is 1. The Labute approximate surface area is 176 Å². The van der Waals surface area contributed by atoms with Crippen molar-refractivity contribution in [2.45, 2.75) is 45.4 Å². The first-order valence-corrected chi connectivity index (χ1v) is 9.94. The summed E-state index contributed by atoms with van der Waals surface area (Å²) < 4.78 is 5.33. The molecule has 1 unspecified atom stereocenters. The minimum absolute atomic E-state index is 0.273. The standard InChI is InChI=1S/C24H27N3O3/c1-24(2,3)30-23(29)27-21(15-17-11-13-25-14-12-17)22(28)26-16-19-9-6-8-18-7-4-5-10-20(18)19/h4-14,21H,15-16H2,1-3H3,(H,26,28)(H,27,29). The SMILES string of the molecule is CC(C)(C)OC(=O)NC(Cc1ccncc1)C(=O)NCc1cccc2ccccc12. The fraction of sp³-hybridized carbons (Fsp3) is 0.292. The van der Waals surface area contributed by atoms with Gasteiger partial charge in [0, 0.05) is 25.4 Å². The van der Waals surface area contributed by atoms with Crippen LogP contribution in [0, 0.1) is 0 Å². The number of fused-ring (bicyclic) bond motifs is 1. The lowest BCUT2D eigenvalue weighted by Crippen LogP contribution is -2.49. The predicted octanol–water partition coefficient (Wildman–Crippen LogP) is 3.99. The number of nitrogens with zero attached hydrogens (tertiary/aromatic N) is 1. The van der Waals surface area contributed by atoms with Gasteiger partial charge in [0.05, 0.1) is 0 Å². The van der Waals surface area contributed by atoms with E-state index in [0.29, 0.717) is 13.0 Å². The lowest BCUT2D eigenvalue weighted by atomic mass is 10.0. The van der Waals surface area contributed by atoms with Crippen LogP contribution in [0.2, 0.25) is 0 Å². The molecule has 0 aliphatic carbocycles. The van der Waals surface area contributed by atoms with E-state index in [9.17, 15) is 9.59 Å². The summed E-state index contributed by atoms with van der Waals surface area (Å²) in [5, 5.41) is 7.86. The molecule has 156 valence electrons. The van der Waals surface area contributed by atoms with Crippen LogP contribution in [0.25, 0.3) is 10.8 Å². The van der Waals surface area contributed by atoms with Crippen molar-refractivity contribution < 1.29 is 14.3 Å². The zero-order chi connectivity index (χ0) is 21.6. The molecule has 0 fully saturated rings. The molecule has 1 atom stereocenters. The van der Waals surface area contributed by atoms with Crippen LogP contribution in [-0.4, -0.2) is 28.6 Å². The molecule has 2 amide bonds. The topological polar surface area (TPSA) is 80.3 Å². The summed E-state index contributed by atoms with van der Waals surface area (Å²) in [6, 6.07) is 16.9. The third-order valence-electron chi connectivity index (χ3n) is 4.53. The average molecular weight is 405 g/mol. The predicted molar refractivity (Wildman–Crippen MR) is 117 cm³/mol. The summed E-state index contributed by atoms with van der Waals surface area (Å²) in [6.45, 7) is 5.71. The second-order valence-corrected chi connectivity index (χ2v) is 8.11. The number of aromatic nitrogens is 1. The highest BCUT2D eigenvalue weighted by Gasteiger charge is 2.24. The Balaban J connectivity index is 1.72. The average Bonchev–Trinajstić information content (AvgIpc) is 2.71. The lowest BCUT2D eigenvalue weighted by Gasteiger charge is -2.23. The Bertz CT molecular complexity index is 1010. The molecule has 30 heavy (non-hydrogen) atoms. The van der Waals surface area contributed by atoms with E-state index < -0.39 is 17.7 Å². The molecule has 0 bridgehead atoms. The quantitative estimate of drug-likeness (QED) is 0.650. The van der Waals surface area contributed by atoms with E-state index in [1.54, 1.807) is 33.2 Å². The first-order valence-electron chi connectivity index (χ1n) is 9.94. The van der Waals surface area contributed by atoms with Crippen LogP contribution >= 0.6 is 0 Å². The van der Waals surface area contributed by atoms with Crippen molar-refractivity contribution in [1.82, 2.24) is 15.6 Å². The highest BCUT2D eigenvalue weighted by molar-refractivity contribution is 5.88. The second kappa shape index (κ2) is 9.39. The van der Waals surface area contributed by atoms with E-state index in [2.05, 4.69) is 15.6 Å². The number of alkyl carbamates (subject to hydrolysis) is 1. The molecular formula is C24H27N3O3. The number of amides is 2. The van der Waals surface area contributed by atoms with Crippen molar-refractivity contribution in [3.63, 3.8) is 0 Å². The van der Waals surface area contributed by atoms with Crippen molar-refractivity contribution in [2.75, 3.05) is 0 Å². The van der Waals surface area contributed by atoms with Gasteiger partial charge in [-0.3, -0.25) is 9.78 Å². The molecule has 0 saturated carbocycles. The van der Waals surface area contributed by atoms with Crippen molar-refractivity contribution >= 4 is 22.8 Å². The van der Waals surface area contributed by atoms with Gasteiger partial charge in [-0.05, 0) is 54.8 Å². The Kier molecular flexibility index (Phi) is 6.67.